The van der Waals surface area contributed by atoms with Crippen molar-refractivity contribution >= 4 is 11.9 Å². The van der Waals surface area contributed by atoms with Gasteiger partial charge in [-0.3, -0.25) is 9.59 Å². The highest BCUT2D eigenvalue weighted by atomic mass is 16.5. The van der Waals surface area contributed by atoms with E-state index in [-0.39, 0.29) is 12.5 Å². The summed E-state index contributed by atoms with van der Waals surface area (Å²) in [5.74, 6) is -0.913. The Balaban J connectivity index is 2.66. The lowest BCUT2D eigenvalue weighted by Crippen LogP contribution is -2.38. The molecule has 5 heteroatoms. The van der Waals surface area contributed by atoms with Gasteiger partial charge in [-0.25, -0.2) is 0 Å². The number of nitrogens with zero attached hydrogens (tertiary/aromatic N) is 1. The summed E-state index contributed by atoms with van der Waals surface area (Å²) < 4.78 is 4.77. The van der Waals surface area contributed by atoms with Gasteiger partial charge in [0.2, 0.25) is 5.91 Å². The summed E-state index contributed by atoms with van der Waals surface area (Å²) in [6.45, 7) is 2.83. The number of carboxylic acids is 1. The monoisotopic (exact) mass is 229 g/mol. The zero-order valence-electron chi connectivity index (χ0n) is 9.86. The molecule has 0 radical (unpaired) electrons. The van der Waals surface area contributed by atoms with Gasteiger partial charge >= 0.3 is 5.97 Å². The predicted octanol–water partition coefficient (Wildman–Crippen LogP) is 0.736. The van der Waals surface area contributed by atoms with Crippen LogP contribution in [0.15, 0.2) is 0 Å². The highest BCUT2D eigenvalue weighted by molar-refractivity contribution is 5.81. The maximum absolute atomic E-state index is 11.6. The smallest absolute Gasteiger partial charge is 0.311 e. The molecule has 0 aliphatic carbocycles. The van der Waals surface area contributed by atoms with E-state index < -0.39 is 11.4 Å². The number of aliphatic carboxylic acids is 1. The van der Waals surface area contributed by atoms with Crippen LogP contribution in [0.4, 0.5) is 0 Å². The molecule has 5 nitrogen and oxygen atoms in total. The SMILES string of the molecule is CCCC1(C(=O)O)CCN(C(=O)COC)C1. The molecule has 1 fully saturated rings. The largest absolute Gasteiger partial charge is 0.481 e. The maximum atomic E-state index is 11.6. The maximum Gasteiger partial charge on any atom is 0.311 e. The van der Waals surface area contributed by atoms with Crippen LogP contribution >= 0.6 is 0 Å². The number of amides is 1. The van der Waals surface area contributed by atoms with Gasteiger partial charge in [0.1, 0.15) is 6.61 Å². The van der Waals surface area contributed by atoms with Gasteiger partial charge in [-0.15, -0.1) is 0 Å². The van der Waals surface area contributed by atoms with Gasteiger partial charge in [0, 0.05) is 20.2 Å². The fourth-order valence-corrected chi connectivity index (χ4v) is 2.26. The Morgan fingerprint density at radius 1 is 1.50 bits per heavy atom. The summed E-state index contributed by atoms with van der Waals surface area (Å²) in [5, 5.41) is 9.26. The van der Waals surface area contributed by atoms with Gasteiger partial charge < -0.3 is 14.7 Å². The van der Waals surface area contributed by atoms with E-state index in [9.17, 15) is 14.7 Å². The molecule has 1 atom stereocenters. The number of ether oxygens (including phenoxy) is 1. The molecule has 1 amide bonds. The van der Waals surface area contributed by atoms with Gasteiger partial charge in [0.15, 0.2) is 0 Å². The molecule has 0 saturated carbocycles. The Hall–Kier alpha value is -1.10. The minimum Gasteiger partial charge on any atom is -0.481 e. The Kier molecular flexibility index (Phi) is 4.29. The lowest BCUT2D eigenvalue weighted by atomic mass is 9.83. The Morgan fingerprint density at radius 2 is 2.19 bits per heavy atom. The van der Waals surface area contributed by atoms with Crippen molar-refractivity contribution < 1.29 is 19.4 Å². The predicted molar refractivity (Wildman–Crippen MR) is 58.0 cm³/mol. The van der Waals surface area contributed by atoms with E-state index in [4.69, 9.17) is 4.74 Å². The van der Waals surface area contributed by atoms with E-state index in [2.05, 4.69) is 0 Å². The fourth-order valence-electron chi connectivity index (χ4n) is 2.26. The molecule has 1 rings (SSSR count). The second-order valence-corrected chi connectivity index (χ2v) is 4.33. The van der Waals surface area contributed by atoms with E-state index in [1.165, 1.54) is 7.11 Å². The van der Waals surface area contributed by atoms with Crippen molar-refractivity contribution in [3.8, 4) is 0 Å². The average Bonchev–Trinajstić information content (AvgIpc) is 2.64. The zero-order chi connectivity index (χ0) is 12.2. The van der Waals surface area contributed by atoms with Crippen LogP contribution in [0.1, 0.15) is 26.2 Å². The summed E-state index contributed by atoms with van der Waals surface area (Å²) in [7, 11) is 1.46. The Morgan fingerprint density at radius 3 is 2.69 bits per heavy atom. The Bertz CT molecular complexity index is 279. The number of likely N-dealkylation sites (tertiary alicyclic amines) is 1. The lowest BCUT2D eigenvalue weighted by molar-refractivity contribution is -0.149. The van der Waals surface area contributed by atoms with Crippen LogP contribution in [0.5, 0.6) is 0 Å². The molecule has 0 aromatic heterocycles. The first-order valence-electron chi connectivity index (χ1n) is 5.56. The molecule has 0 spiro atoms. The molecule has 1 aliphatic heterocycles. The molecule has 1 unspecified atom stereocenters. The number of rotatable bonds is 5. The highest BCUT2D eigenvalue weighted by Crippen LogP contribution is 2.35. The van der Waals surface area contributed by atoms with Crippen molar-refractivity contribution in [2.45, 2.75) is 26.2 Å². The van der Waals surface area contributed by atoms with Gasteiger partial charge in [0.05, 0.1) is 5.41 Å². The fraction of sp³-hybridized carbons (Fsp3) is 0.818. The van der Waals surface area contributed by atoms with Gasteiger partial charge in [-0.2, -0.15) is 0 Å². The van der Waals surface area contributed by atoms with Gasteiger partial charge in [0.25, 0.3) is 0 Å². The van der Waals surface area contributed by atoms with E-state index in [1.807, 2.05) is 6.92 Å². The van der Waals surface area contributed by atoms with Gasteiger partial charge in [-0.1, -0.05) is 13.3 Å². The Labute approximate surface area is 95.4 Å². The normalized spacial score (nSPS) is 24.8. The average molecular weight is 229 g/mol. The summed E-state index contributed by atoms with van der Waals surface area (Å²) >= 11 is 0. The first-order valence-corrected chi connectivity index (χ1v) is 5.56. The standard InChI is InChI=1S/C11H19NO4/c1-3-4-11(10(14)15)5-6-12(8-11)9(13)7-16-2/h3-8H2,1-2H3,(H,14,15). The summed E-state index contributed by atoms with van der Waals surface area (Å²) in [6.07, 6.45) is 1.99. The molecule has 1 saturated heterocycles. The second kappa shape index (κ2) is 5.30. The van der Waals surface area contributed by atoms with Crippen LogP contribution in [0.3, 0.4) is 0 Å². The zero-order valence-corrected chi connectivity index (χ0v) is 9.86. The van der Waals surface area contributed by atoms with Crippen LogP contribution in [0, 0.1) is 5.41 Å². The summed E-state index contributed by atoms with van der Waals surface area (Å²) in [6, 6.07) is 0. The third-order valence-electron chi connectivity index (χ3n) is 3.16. The van der Waals surface area contributed by atoms with Crippen molar-refractivity contribution in [3.05, 3.63) is 0 Å². The minimum absolute atomic E-state index is 0.0296. The van der Waals surface area contributed by atoms with Crippen molar-refractivity contribution in [2.24, 2.45) is 5.41 Å². The van der Waals surface area contributed by atoms with Crippen LogP contribution in [0.2, 0.25) is 0 Å². The molecule has 92 valence electrons. The van der Waals surface area contributed by atoms with Crippen molar-refractivity contribution in [2.75, 3.05) is 26.8 Å². The molecular formula is C11H19NO4. The van der Waals surface area contributed by atoms with Crippen LogP contribution < -0.4 is 0 Å². The van der Waals surface area contributed by atoms with Crippen molar-refractivity contribution in [3.63, 3.8) is 0 Å². The number of hydrogen-bond acceptors (Lipinski definition) is 3. The van der Waals surface area contributed by atoms with Gasteiger partial charge in [-0.05, 0) is 12.8 Å². The molecule has 0 aromatic rings. The molecule has 16 heavy (non-hydrogen) atoms. The number of carbonyl (C=O) groups excluding carboxylic acids is 1. The molecule has 1 N–H and O–H groups in total. The number of methoxy groups -OCH3 is 1. The van der Waals surface area contributed by atoms with E-state index >= 15 is 0 Å². The molecule has 0 aromatic carbocycles. The first-order chi connectivity index (χ1) is 7.55. The van der Waals surface area contributed by atoms with Crippen LogP contribution in [0.25, 0.3) is 0 Å². The van der Waals surface area contributed by atoms with Crippen LogP contribution in [-0.4, -0.2) is 48.7 Å². The van der Waals surface area contributed by atoms with Crippen LogP contribution in [-0.2, 0) is 14.3 Å². The van der Waals surface area contributed by atoms with E-state index in [0.29, 0.717) is 25.9 Å². The number of hydrogen-bond donors (Lipinski definition) is 1. The molecule has 0 bridgehead atoms. The van der Waals surface area contributed by atoms with E-state index in [1.54, 1.807) is 4.90 Å². The topological polar surface area (TPSA) is 66.8 Å². The second-order valence-electron chi connectivity index (χ2n) is 4.33. The number of carbonyl (C=O) groups is 2. The minimum atomic E-state index is -0.790. The number of carboxylic acid groups (broad SMARTS) is 1. The third kappa shape index (κ3) is 2.52. The van der Waals surface area contributed by atoms with E-state index in [0.717, 1.165) is 6.42 Å². The first kappa shape index (κ1) is 13.0. The lowest BCUT2D eigenvalue weighted by Gasteiger charge is -2.24. The third-order valence-corrected chi connectivity index (χ3v) is 3.16. The highest BCUT2D eigenvalue weighted by Gasteiger charge is 2.45. The quantitative estimate of drug-likeness (QED) is 0.755. The molecule has 1 aliphatic rings. The summed E-state index contributed by atoms with van der Waals surface area (Å²) in [5.41, 5.74) is -0.738. The summed E-state index contributed by atoms with van der Waals surface area (Å²) in [4.78, 5) is 24.4. The molecule has 1 heterocycles. The molecular weight excluding hydrogens is 210 g/mol. The van der Waals surface area contributed by atoms with Crippen molar-refractivity contribution in [1.82, 2.24) is 4.90 Å². The van der Waals surface area contributed by atoms with Crippen molar-refractivity contribution in [1.29, 1.82) is 0 Å².